The van der Waals surface area contributed by atoms with E-state index in [1.165, 1.54) is 5.57 Å². The SMILES string of the molecule is C=C(C)C.C=CC(=O)O.O=C1C=CC(=O)O1. The van der Waals surface area contributed by atoms with E-state index in [9.17, 15) is 14.4 Å². The Kier molecular flexibility index (Phi) is 9.54. The van der Waals surface area contributed by atoms with Gasteiger partial charge in [-0.15, -0.1) is 6.58 Å². The Bertz CT molecular complexity index is 305. The van der Waals surface area contributed by atoms with E-state index in [-0.39, 0.29) is 0 Å². The third kappa shape index (κ3) is 17.8. The number of aliphatic carboxylic acids is 1. The number of carboxylic acids is 1. The number of carbonyl (C=O) groups is 3. The van der Waals surface area contributed by atoms with Crippen LogP contribution in [0.5, 0.6) is 0 Å². The van der Waals surface area contributed by atoms with E-state index >= 15 is 0 Å². The van der Waals surface area contributed by atoms with Crippen LogP contribution in [0.25, 0.3) is 0 Å². The van der Waals surface area contributed by atoms with Crippen molar-refractivity contribution in [2.45, 2.75) is 13.8 Å². The lowest BCUT2D eigenvalue weighted by Crippen LogP contribution is -1.96. The Morgan fingerprint density at radius 2 is 1.56 bits per heavy atom. The number of hydrogen-bond donors (Lipinski definition) is 1. The van der Waals surface area contributed by atoms with Gasteiger partial charge < -0.3 is 9.84 Å². The van der Waals surface area contributed by atoms with Crippen molar-refractivity contribution in [1.29, 1.82) is 0 Å². The lowest BCUT2D eigenvalue weighted by molar-refractivity contribution is -0.150. The van der Waals surface area contributed by atoms with E-state index in [0.717, 1.165) is 18.2 Å². The summed E-state index contributed by atoms with van der Waals surface area (Å²) < 4.78 is 3.97. The zero-order valence-corrected chi connectivity index (χ0v) is 9.23. The summed E-state index contributed by atoms with van der Waals surface area (Å²) in [7, 11) is 0. The Hall–Kier alpha value is -2.17. The second-order valence-electron chi connectivity index (χ2n) is 2.82. The van der Waals surface area contributed by atoms with E-state index in [0.29, 0.717) is 0 Å². The molecule has 0 saturated heterocycles. The lowest BCUT2D eigenvalue weighted by atomic mass is 10.4. The molecule has 0 saturated carbocycles. The summed E-state index contributed by atoms with van der Waals surface area (Å²) in [5.41, 5.74) is 1.17. The minimum atomic E-state index is -0.981. The third-order valence-corrected chi connectivity index (χ3v) is 0.731. The van der Waals surface area contributed by atoms with Crippen LogP contribution in [0.2, 0.25) is 0 Å². The maximum absolute atomic E-state index is 9.92. The minimum Gasteiger partial charge on any atom is -0.478 e. The van der Waals surface area contributed by atoms with Gasteiger partial charge in [0, 0.05) is 18.2 Å². The van der Waals surface area contributed by atoms with Crippen molar-refractivity contribution in [2.24, 2.45) is 0 Å². The number of carbonyl (C=O) groups excluding carboxylic acids is 2. The molecule has 1 rings (SSSR count). The molecule has 1 heterocycles. The van der Waals surface area contributed by atoms with Crippen molar-refractivity contribution in [3.05, 3.63) is 37.0 Å². The van der Waals surface area contributed by atoms with Crippen LogP contribution in [0.15, 0.2) is 37.0 Å². The summed E-state index contributed by atoms with van der Waals surface area (Å²) in [6.07, 6.45) is 3.00. The minimum absolute atomic E-state index is 0.579. The van der Waals surface area contributed by atoms with Gasteiger partial charge in [-0.3, -0.25) is 0 Å². The van der Waals surface area contributed by atoms with Gasteiger partial charge in [-0.05, 0) is 13.8 Å². The molecule has 0 unspecified atom stereocenters. The maximum atomic E-state index is 9.92. The zero-order valence-electron chi connectivity index (χ0n) is 9.23. The maximum Gasteiger partial charge on any atom is 0.338 e. The number of allylic oxidation sites excluding steroid dienone is 1. The molecule has 0 amide bonds. The van der Waals surface area contributed by atoms with Gasteiger partial charge >= 0.3 is 17.9 Å². The van der Waals surface area contributed by atoms with Crippen molar-refractivity contribution in [3.63, 3.8) is 0 Å². The first kappa shape index (κ1) is 16.3. The van der Waals surface area contributed by atoms with E-state index in [1.807, 2.05) is 13.8 Å². The molecule has 0 aromatic rings. The first-order valence-corrected chi connectivity index (χ1v) is 4.21. The Morgan fingerprint density at radius 1 is 1.31 bits per heavy atom. The van der Waals surface area contributed by atoms with Gasteiger partial charge in [-0.1, -0.05) is 12.2 Å². The van der Waals surface area contributed by atoms with Crippen LogP contribution in [-0.4, -0.2) is 23.0 Å². The summed E-state index contributed by atoms with van der Waals surface area (Å²) in [5, 5.41) is 7.60. The van der Waals surface area contributed by atoms with Gasteiger partial charge in [-0.25, -0.2) is 14.4 Å². The van der Waals surface area contributed by atoms with Crippen LogP contribution in [-0.2, 0) is 19.1 Å². The fourth-order valence-corrected chi connectivity index (χ4v) is 0.303. The van der Waals surface area contributed by atoms with Gasteiger partial charge in [0.1, 0.15) is 0 Å². The first-order valence-electron chi connectivity index (χ1n) is 4.21. The molecule has 1 aliphatic heterocycles. The number of esters is 2. The number of ether oxygens (including phenoxy) is 1. The van der Waals surface area contributed by atoms with Gasteiger partial charge in [0.15, 0.2) is 0 Å². The molecule has 1 N–H and O–H groups in total. The third-order valence-electron chi connectivity index (χ3n) is 0.731. The van der Waals surface area contributed by atoms with Crippen molar-refractivity contribution in [3.8, 4) is 0 Å². The van der Waals surface area contributed by atoms with Crippen LogP contribution in [0, 0.1) is 0 Å². The number of carboxylic acid groups (broad SMARTS) is 1. The van der Waals surface area contributed by atoms with Gasteiger partial charge in [-0.2, -0.15) is 0 Å². The highest BCUT2D eigenvalue weighted by Crippen LogP contribution is 1.92. The summed E-state index contributed by atoms with van der Waals surface area (Å²) in [5.74, 6) is -2.14. The topological polar surface area (TPSA) is 80.7 Å². The largest absolute Gasteiger partial charge is 0.478 e. The summed E-state index contributed by atoms with van der Waals surface area (Å²) in [6.45, 7) is 10.5. The molecule has 5 nitrogen and oxygen atoms in total. The normalized spacial score (nSPS) is 11.4. The van der Waals surface area contributed by atoms with Crippen molar-refractivity contribution >= 4 is 17.9 Å². The molecule has 0 spiro atoms. The number of cyclic esters (lactones) is 2. The Balaban J connectivity index is 0. The molecule has 0 radical (unpaired) electrons. The quantitative estimate of drug-likeness (QED) is 0.317. The van der Waals surface area contributed by atoms with Crippen LogP contribution in [0.4, 0.5) is 0 Å². The van der Waals surface area contributed by atoms with Crippen LogP contribution < -0.4 is 0 Å². The fraction of sp³-hybridized carbons (Fsp3) is 0.182. The van der Waals surface area contributed by atoms with E-state index in [2.05, 4.69) is 17.9 Å². The zero-order chi connectivity index (χ0) is 13.1. The number of rotatable bonds is 1. The molecule has 0 atom stereocenters. The molecular formula is C11H14O5. The molecule has 0 aliphatic carbocycles. The molecule has 1 aliphatic rings. The highest BCUT2D eigenvalue weighted by molar-refractivity contribution is 6.04. The predicted octanol–water partition coefficient (Wildman–Crippen LogP) is 1.47. The average molecular weight is 226 g/mol. The Labute approximate surface area is 93.7 Å². The first-order chi connectivity index (χ1) is 7.29. The Morgan fingerprint density at radius 3 is 1.62 bits per heavy atom. The van der Waals surface area contributed by atoms with E-state index < -0.39 is 17.9 Å². The summed E-state index contributed by atoms with van der Waals surface area (Å²) >= 11 is 0. The molecular weight excluding hydrogens is 212 g/mol. The molecule has 5 heteroatoms. The molecule has 0 aromatic heterocycles. The number of hydrogen-bond acceptors (Lipinski definition) is 4. The smallest absolute Gasteiger partial charge is 0.338 e. The van der Waals surface area contributed by atoms with E-state index in [4.69, 9.17) is 5.11 Å². The fourth-order valence-electron chi connectivity index (χ4n) is 0.303. The van der Waals surface area contributed by atoms with Crippen molar-refractivity contribution in [2.75, 3.05) is 0 Å². The molecule has 0 fully saturated rings. The predicted molar refractivity (Wildman–Crippen MR) is 58.6 cm³/mol. The van der Waals surface area contributed by atoms with Gasteiger partial charge in [0.05, 0.1) is 0 Å². The van der Waals surface area contributed by atoms with Crippen LogP contribution in [0.1, 0.15) is 13.8 Å². The van der Waals surface area contributed by atoms with Gasteiger partial charge in [0.2, 0.25) is 0 Å². The second-order valence-corrected chi connectivity index (χ2v) is 2.82. The second kappa shape index (κ2) is 9.39. The van der Waals surface area contributed by atoms with Gasteiger partial charge in [0.25, 0.3) is 0 Å². The standard InChI is InChI=1S/C4H2O3.C4H8.C3H4O2/c5-3-1-2-4(6)7-3;1-4(2)3;1-2-3(4)5/h1-2H;1H2,2-3H3;2H,1H2,(H,4,5). The van der Waals surface area contributed by atoms with Crippen LogP contribution in [0.3, 0.4) is 0 Å². The average Bonchev–Trinajstić information content (AvgIpc) is 2.50. The highest BCUT2D eigenvalue weighted by atomic mass is 16.6. The molecule has 0 aromatic carbocycles. The highest BCUT2D eigenvalue weighted by Gasteiger charge is 2.10. The van der Waals surface area contributed by atoms with Crippen molar-refractivity contribution < 1.29 is 24.2 Å². The van der Waals surface area contributed by atoms with Crippen molar-refractivity contribution in [1.82, 2.24) is 0 Å². The summed E-state index contributed by atoms with van der Waals surface area (Å²) in [4.78, 5) is 29.1. The lowest BCUT2D eigenvalue weighted by Gasteiger charge is -1.80. The summed E-state index contributed by atoms with van der Waals surface area (Å²) in [6, 6.07) is 0. The van der Waals surface area contributed by atoms with Crippen LogP contribution >= 0.6 is 0 Å². The monoisotopic (exact) mass is 226 g/mol. The molecule has 16 heavy (non-hydrogen) atoms. The van der Waals surface area contributed by atoms with E-state index in [1.54, 1.807) is 0 Å². The molecule has 88 valence electrons. The molecule has 0 bridgehead atoms.